The van der Waals surface area contributed by atoms with Crippen LogP contribution < -0.4 is 0 Å². The summed E-state index contributed by atoms with van der Waals surface area (Å²) in [4.78, 5) is 50.5. The third-order valence-corrected chi connectivity index (χ3v) is 5.38. The fraction of sp³-hybridized carbons (Fsp3) is 0.154. The summed E-state index contributed by atoms with van der Waals surface area (Å²) in [5, 5.41) is 19.4. The summed E-state index contributed by atoms with van der Waals surface area (Å²) in [6.45, 7) is 7.05. The lowest BCUT2D eigenvalue weighted by Gasteiger charge is -2.14. The Balaban J connectivity index is 2.31. The van der Waals surface area contributed by atoms with Crippen LogP contribution in [-0.2, 0) is 0 Å². The van der Waals surface area contributed by atoms with Gasteiger partial charge in [-0.1, -0.05) is 35.4 Å². The third kappa shape index (κ3) is 4.21. The predicted octanol–water partition coefficient (Wildman–Crippen LogP) is 4.78. The molecule has 162 valence electrons. The van der Waals surface area contributed by atoms with Crippen molar-refractivity contribution in [1.29, 1.82) is 0 Å². The highest BCUT2D eigenvalue weighted by Crippen LogP contribution is 2.26. The van der Waals surface area contributed by atoms with Crippen LogP contribution in [0.25, 0.3) is 0 Å². The van der Waals surface area contributed by atoms with Gasteiger partial charge in [0.25, 0.3) is 0 Å². The van der Waals surface area contributed by atoms with Crippen LogP contribution in [0.15, 0.2) is 48.5 Å². The van der Waals surface area contributed by atoms with Crippen LogP contribution in [-0.4, -0.2) is 33.7 Å². The molecule has 0 amide bonds. The minimum Gasteiger partial charge on any atom is -0.478 e. The molecule has 0 fully saturated rings. The third-order valence-electron chi connectivity index (χ3n) is 5.38. The average Bonchev–Trinajstić information content (AvgIpc) is 2.75. The van der Waals surface area contributed by atoms with E-state index in [9.17, 15) is 29.4 Å². The maximum atomic E-state index is 13.3. The number of benzene rings is 3. The first-order chi connectivity index (χ1) is 15.0. The number of carboxylic acid groups (broad SMARTS) is 2. The van der Waals surface area contributed by atoms with Gasteiger partial charge in [-0.2, -0.15) is 0 Å². The second kappa shape index (κ2) is 8.59. The molecule has 0 aliphatic carbocycles. The first-order valence-corrected chi connectivity index (χ1v) is 9.89. The van der Waals surface area contributed by atoms with Crippen LogP contribution in [0.2, 0.25) is 0 Å². The molecule has 0 aliphatic heterocycles. The topological polar surface area (TPSA) is 109 Å². The highest BCUT2D eigenvalue weighted by Gasteiger charge is 2.27. The Morgan fingerprint density at radius 2 is 0.844 bits per heavy atom. The molecule has 6 heteroatoms. The van der Waals surface area contributed by atoms with Crippen LogP contribution in [0.5, 0.6) is 0 Å². The van der Waals surface area contributed by atoms with Crippen molar-refractivity contribution >= 4 is 23.5 Å². The van der Waals surface area contributed by atoms with E-state index in [0.29, 0.717) is 22.3 Å². The predicted molar refractivity (Wildman–Crippen MR) is 119 cm³/mol. The number of carboxylic acids is 2. The van der Waals surface area contributed by atoms with E-state index in [-0.39, 0.29) is 11.1 Å². The molecule has 32 heavy (non-hydrogen) atoms. The number of ketones is 2. The summed E-state index contributed by atoms with van der Waals surface area (Å²) in [5.41, 5.74) is 2.09. The van der Waals surface area contributed by atoms with Gasteiger partial charge in [-0.3, -0.25) is 9.59 Å². The summed E-state index contributed by atoms with van der Waals surface area (Å²) >= 11 is 0. The van der Waals surface area contributed by atoms with E-state index in [1.54, 1.807) is 52.0 Å². The molecule has 0 spiro atoms. The van der Waals surface area contributed by atoms with Gasteiger partial charge >= 0.3 is 11.9 Å². The zero-order valence-electron chi connectivity index (χ0n) is 18.1. The summed E-state index contributed by atoms with van der Waals surface area (Å²) in [6.07, 6.45) is 0. The highest BCUT2D eigenvalue weighted by atomic mass is 16.4. The molecule has 0 aromatic heterocycles. The minimum absolute atomic E-state index is 0.232. The molecule has 0 aliphatic rings. The maximum Gasteiger partial charge on any atom is 0.336 e. The average molecular weight is 430 g/mol. The lowest BCUT2D eigenvalue weighted by Crippen LogP contribution is -2.18. The molecule has 3 rings (SSSR count). The van der Waals surface area contributed by atoms with Crippen molar-refractivity contribution in [1.82, 2.24) is 0 Å². The number of aromatic carboxylic acids is 2. The molecule has 0 radical (unpaired) electrons. The molecule has 2 N–H and O–H groups in total. The first-order valence-electron chi connectivity index (χ1n) is 9.89. The van der Waals surface area contributed by atoms with Gasteiger partial charge in [-0.15, -0.1) is 0 Å². The number of hydrogen-bond acceptors (Lipinski definition) is 4. The lowest BCUT2D eigenvalue weighted by atomic mass is 9.87. The first kappa shape index (κ1) is 22.6. The fourth-order valence-corrected chi connectivity index (χ4v) is 3.58. The zero-order chi connectivity index (χ0) is 23.7. The fourth-order valence-electron chi connectivity index (χ4n) is 3.58. The van der Waals surface area contributed by atoms with Gasteiger partial charge in [-0.25, -0.2) is 9.59 Å². The summed E-state index contributed by atoms with van der Waals surface area (Å²) < 4.78 is 0. The Kier molecular flexibility index (Phi) is 6.07. The number of carbonyl (C=O) groups is 4. The van der Waals surface area contributed by atoms with Crippen molar-refractivity contribution in [2.45, 2.75) is 27.7 Å². The summed E-state index contributed by atoms with van der Waals surface area (Å²) in [5.74, 6) is -4.08. The van der Waals surface area contributed by atoms with Crippen molar-refractivity contribution in [3.05, 3.63) is 104 Å². The molecule has 0 saturated heterocycles. The van der Waals surface area contributed by atoms with E-state index in [2.05, 4.69) is 0 Å². The number of carbonyl (C=O) groups excluding carboxylic acids is 2. The molecule has 0 heterocycles. The standard InChI is InChI=1S/C26H22O6/c1-13-5-7-15(3)17(9-13)23(27)19-11-20(22(26(31)32)12-21(19)25(29)30)24(28)18-10-14(2)6-8-16(18)4/h5-12H,1-4H3,(H,29,30)(H,31,32). The molecule has 0 bridgehead atoms. The van der Waals surface area contributed by atoms with Gasteiger partial charge in [0.05, 0.1) is 11.1 Å². The Hall–Kier alpha value is -4.06. The normalized spacial score (nSPS) is 10.6. The van der Waals surface area contributed by atoms with Crippen molar-refractivity contribution in [3.63, 3.8) is 0 Å². The second-order valence-corrected chi connectivity index (χ2v) is 7.85. The van der Waals surface area contributed by atoms with E-state index >= 15 is 0 Å². The second-order valence-electron chi connectivity index (χ2n) is 7.85. The zero-order valence-corrected chi connectivity index (χ0v) is 18.1. The van der Waals surface area contributed by atoms with Crippen LogP contribution >= 0.6 is 0 Å². The monoisotopic (exact) mass is 430 g/mol. The largest absolute Gasteiger partial charge is 0.478 e. The van der Waals surface area contributed by atoms with Crippen molar-refractivity contribution in [2.24, 2.45) is 0 Å². The number of rotatable bonds is 6. The molecule has 0 saturated carbocycles. The van der Waals surface area contributed by atoms with Crippen LogP contribution in [0.1, 0.15) is 74.8 Å². The van der Waals surface area contributed by atoms with Crippen molar-refractivity contribution in [3.8, 4) is 0 Å². The Labute approximate surface area is 185 Å². The van der Waals surface area contributed by atoms with Gasteiger partial charge in [-0.05, 0) is 63.1 Å². The lowest BCUT2D eigenvalue weighted by molar-refractivity contribution is 0.0690. The van der Waals surface area contributed by atoms with Gasteiger partial charge in [0.15, 0.2) is 11.6 Å². The Morgan fingerprint density at radius 1 is 0.500 bits per heavy atom. The quantitative estimate of drug-likeness (QED) is 0.545. The van der Waals surface area contributed by atoms with Crippen LogP contribution in [0, 0.1) is 27.7 Å². The Bertz CT molecular complexity index is 1200. The molecule has 0 unspecified atom stereocenters. The molecule has 3 aromatic rings. The molecule has 6 nitrogen and oxygen atoms in total. The summed E-state index contributed by atoms with van der Waals surface area (Å²) in [6, 6.07) is 12.4. The van der Waals surface area contributed by atoms with E-state index in [1.165, 1.54) is 0 Å². The summed E-state index contributed by atoms with van der Waals surface area (Å²) in [7, 11) is 0. The molecular weight excluding hydrogens is 408 g/mol. The minimum atomic E-state index is -1.45. The molecule has 3 aromatic carbocycles. The maximum absolute atomic E-state index is 13.3. The molecular formula is C26H22O6. The van der Waals surface area contributed by atoms with E-state index < -0.39 is 34.6 Å². The van der Waals surface area contributed by atoms with Crippen molar-refractivity contribution in [2.75, 3.05) is 0 Å². The number of hydrogen-bond donors (Lipinski definition) is 2. The van der Waals surface area contributed by atoms with Crippen LogP contribution in [0.4, 0.5) is 0 Å². The van der Waals surface area contributed by atoms with Crippen molar-refractivity contribution < 1.29 is 29.4 Å². The smallest absolute Gasteiger partial charge is 0.336 e. The van der Waals surface area contributed by atoms with E-state index in [0.717, 1.165) is 23.3 Å². The van der Waals surface area contributed by atoms with Gasteiger partial charge in [0, 0.05) is 22.3 Å². The van der Waals surface area contributed by atoms with Gasteiger partial charge in [0.1, 0.15) is 0 Å². The van der Waals surface area contributed by atoms with E-state index in [1.807, 2.05) is 12.1 Å². The van der Waals surface area contributed by atoms with Gasteiger partial charge < -0.3 is 10.2 Å². The molecule has 0 atom stereocenters. The SMILES string of the molecule is Cc1ccc(C)c(C(=O)c2cc(C(=O)c3cc(C)ccc3C)c(C(=O)O)cc2C(=O)O)c1. The number of aryl methyl sites for hydroxylation is 4. The van der Waals surface area contributed by atoms with Crippen LogP contribution in [0.3, 0.4) is 0 Å². The van der Waals surface area contributed by atoms with Gasteiger partial charge in [0.2, 0.25) is 0 Å². The Morgan fingerprint density at radius 3 is 1.19 bits per heavy atom. The van der Waals surface area contributed by atoms with E-state index in [4.69, 9.17) is 0 Å². The highest BCUT2D eigenvalue weighted by molar-refractivity contribution is 6.20.